The van der Waals surface area contributed by atoms with Gasteiger partial charge in [0.05, 0.1) is 0 Å². The monoisotopic (exact) mass is 432 g/mol. The highest BCUT2D eigenvalue weighted by molar-refractivity contribution is 9.10. The Morgan fingerprint density at radius 1 is 1.15 bits per heavy atom. The van der Waals surface area contributed by atoms with Crippen LogP contribution in [0, 0.1) is 0 Å². The number of piperidine rings is 1. The van der Waals surface area contributed by atoms with Gasteiger partial charge in [0, 0.05) is 30.7 Å². The van der Waals surface area contributed by atoms with Crippen molar-refractivity contribution in [3.63, 3.8) is 0 Å². The summed E-state index contributed by atoms with van der Waals surface area (Å²) in [5.41, 5.74) is 6.02. The molecule has 3 rings (SSSR count). The molecule has 27 heavy (non-hydrogen) atoms. The zero-order chi connectivity index (χ0) is 19.4. The molecular formula is C19H21BrN4O3. The molecule has 1 aromatic heterocycles. The van der Waals surface area contributed by atoms with Crippen molar-refractivity contribution in [3.8, 4) is 0 Å². The maximum atomic E-state index is 12.9. The number of nitrogens with zero attached hydrogens (tertiary/aromatic N) is 2. The number of hydrogen-bond donors (Lipinski definition) is 2. The third-order valence-electron chi connectivity index (χ3n) is 4.54. The Balaban J connectivity index is 1.76. The van der Waals surface area contributed by atoms with E-state index in [-0.39, 0.29) is 5.91 Å². The number of rotatable bonds is 4. The van der Waals surface area contributed by atoms with Gasteiger partial charge in [-0.05, 0) is 40.4 Å². The van der Waals surface area contributed by atoms with Gasteiger partial charge in [-0.1, -0.05) is 30.3 Å². The van der Waals surface area contributed by atoms with Crippen molar-refractivity contribution in [2.45, 2.75) is 25.3 Å². The Morgan fingerprint density at radius 2 is 1.89 bits per heavy atom. The Labute approximate surface area is 165 Å². The lowest BCUT2D eigenvalue weighted by molar-refractivity contribution is -0.143. The highest BCUT2D eigenvalue weighted by atomic mass is 79.9. The van der Waals surface area contributed by atoms with Crippen LogP contribution in [0.5, 0.6) is 0 Å². The number of carbonyl (C=O) groups is 3. The first-order chi connectivity index (χ1) is 13.0. The van der Waals surface area contributed by atoms with Crippen molar-refractivity contribution in [2.75, 3.05) is 6.54 Å². The molecule has 1 aromatic carbocycles. The molecule has 0 bridgehead atoms. The Morgan fingerprint density at radius 3 is 2.52 bits per heavy atom. The SMILES string of the molecule is Cn1cc(Br)cc1C(=O)NNC(=O)C(c1ccccc1)N1CCCCC1=O. The summed E-state index contributed by atoms with van der Waals surface area (Å²) in [5, 5.41) is 0. The summed E-state index contributed by atoms with van der Waals surface area (Å²) in [4.78, 5) is 39.2. The van der Waals surface area contributed by atoms with E-state index >= 15 is 0 Å². The van der Waals surface area contributed by atoms with Crippen molar-refractivity contribution in [2.24, 2.45) is 7.05 Å². The van der Waals surface area contributed by atoms with Crippen LogP contribution in [0.2, 0.25) is 0 Å². The van der Waals surface area contributed by atoms with Gasteiger partial charge in [0.2, 0.25) is 5.91 Å². The minimum atomic E-state index is -0.778. The highest BCUT2D eigenvalue weighted by Gasteiger charge is 2.32. The summed E-state index contributed by atoms with van der Waals surface area (Å²) in [6.07, 6.45) is 3.86. The minimum Gasteiger partial charge on any atom is -0.345 e. The van der Waals surface area contributed by atoms with Crippen LogP contribution in [-0.2, 0) is 16.6 Å². The number of hydrazine groups is 1. The smallest absolute Gasteiger partial charge is 0.286 e. The number of aryl methyl sites for hydroxylation is 1. The molecule has 1 fully saturated rings. The van der Waals surface area contributed by atoms with Crippen LogP contribution in [0.25, 0.3) is 0 Å². The lowest BCUT2D eigenvalue weighted by Crippen LogP contribution is -2.50. The summed E-state index contributed by atoms with van der Waals surface area (Å²) in [5.74, 6) is -0.936. The summed E-state index contributed by atoms with van der Waals surface area (Å²) in [7, 11) is 1.74. The summed E-state index contributed by atoms with van der Waals surface area (Å²) < 4.78 is 2.41. The first-order valence-corrected chi connectivity index (χ1v) is 9.53. The third-order valence-corrected chi connectivity index (χ3v) is 4.97. The number of nitrogens with one attached hydrogen (secondary N) is 2. The van der Waals surface area contributed by atoms with Crippen molar-refractivity contribution < 1.29 is 14.4 Å². The molecule has 0 saturated carbocycles. The number of carbonyl (C=O) groups excluding carboxylic acids is 3. The average molecular weight is 433 g/mol. The second kappa shape index (κ2) is 8.39. The molecule has 0 spiro atoms. The first-order valence-electron chi connectivity index (χ1n) is 8.74. The summed E-state index contributed by atoms with van der Waals surface area (Å²) >= 11 is 3.31. The topological polar surface area (TPSA) is 83.4 Å². The van der Waals surface area contributed by atoms with E-state index in [1.165, 1.54) is 0 Å². The Kier molecular flexibility index (Phi) is 5.95. The quantitative estimate of drug-likeness (QED) is 0.726. The van der Waals surface area contributed by atoms with Gasteiger partial charge in [-0.15, -0.1) is 0 Å². The molecule has 1 unspecified atom stereocenters. The Hall–Kier alpha value is -2.61. The number of aromatic nitrogens is 1. The lowest BCUT2D eigenvalue weighted by Gasteiger charge is -2.34. The predicted octanol–water partition coefficient (Wildman–Crippen LogP) is 2.30. The van der Waals surface area contributed by atoms with Gasteiger partial charge in [0.25, 0.3) is 11.8 Å². The van der Waals surface area contributed by atoms with Crippen molar-refractivity contribution in [3.05, 3.63) is 58.3 Å². The van der Waals surface area contributed by atoms with E-state index in [9.17, 15) is 14.4 Å². The van der Waals surface area contributed by atoms with Crippen LogP contribution in [0.1, 0.15) is 41.4 Å². The number of benzene rings is 1. The molecular weight excluding hydrogens is 412 g/mol. The zero-order valence-electron chi connectivity index (χ0n) is 14.9. The standard InChI is InChI=1S/C19H21BrN4O3/c1-23-12-14(20)11-15(23)18(26)21-22-19(27)17(13-7-3-2-4-8-13)24-10-6-5-9-16(24)25/h2-4,7-8,11-12,17H,5-6,9-10H2,1H3,(H,21,26)(H,22,27). The molecule has 8 heteroatoms. The molecule has 2 aromatic rings. The number of amides is 3. The van der Waals surface area contributed by atoms with Crippen molar-refractivity contribution in [1.82, 2.24) is 20.3 Å². The molecule has 3 amide bonds. The molecule has 1 saturated heterocycles. The predicted molar refractivity (Wildman–Crippen MR) is 103 cm³/mol. The van der Waals surface area contributed by atoms with Crippen LogP contribution in [-0.4, -0.2) is 33.7 Å². The van der Waals surface area contributed by atoms with Crippen LogP contribution in [0.15, 0.2) is 47.1 Å². The van der Waals surface area contributed by atoms with E-state index in [0.717, 1.165) is 17.3 Å². The van der Waals surface area contributed by atoms with Gasteiger partial charge in [-0.25, -0.2) is 0 Å². The molecule has 0 aliphatic carbocycles. The van der Waals surface area contributed by atoms with Crippen LogP contribution < -0.4 is 10.9 Å². The maximum Gasteiger partial charge on any atom is 0.286 e. The van der Waals surface area contributed by atoms with Gasteiger partial charge in [-0.3, -0.25) is 25.2 Å². The van der Waals surface area contributed by atoms with Gasteiger partial charge >= 0.3 is 0 Å². The fourth-order valence-electron chi connectivity index (χ4n) is 3.21. The third kappa shape index (κ3) is 4.39. The number of likely N-dealkylation sites (tertiary alicyclic amines) is 1. The lowest BCUT2D eigenvalue weighted by atomic mass is 10.0. The van der Waals surface area contributed by atoms with E-state index in [0.29, 0.717) is 24.2 Å². The van der Waals surface area contributed by atoms with Crippen LogP contribution in [0.3, 0.4) is 0 Å². The molecule has 2 N–H and O–H groups in total. The second-order valence-corrected chi connectivity index (χ2v) is 7.37. The van der Waals surface area contributed by atoms with E-state index in [1.54, 1.807) is 28.8 Å². The van der Waals surface area contributed by atoms with Crippen molar-refractivity contribution in [1.29, 1.82) is 0 Å². The zero-order valence-corrected chi connectivity index (χ0v) is 16.5. The second-order valence-electron chi connectivity index (χ2n) is 6.46. The molecule has 0 radical (unpaired) electrons. The molecule has 142 valence electrons. The van der Waals surface area contributed by atoms with E-state index < -0.39 is 17.9 Å². The number of hydrogen-bond acceptors (Lipinski definition) is 3. The van der Waals surface area contributed by atoms with Crippen LogP contribution >= 0.6 is 15.9 Å². The van der Waals surface area contributed by atoms with E-state index in [1.807, 2.05) is 30.3 Å². The highest BCUT2D eigenvalue weighted by Crippen LogP contribution is 2.25. The largest absolute Gasteiger partial charge is 0.345 e. The normalized spacial score (nSPS) is 15.3. The van der Waals surface area contributed by atoms with Crippen LogP contribution in [0.4, 0.5) is 0 Å². The Bertz CT molecular complexity index is 850. The fourth-order valence-corrected chi connectivity index (χ4v) is 3.73. The minimum absolute atomic E-state index is 0.0528. The van der Waals surface area contributed by atoms with E-state index in [2.05, 4.69) is 26.8 Å². The molecule has 2 heterocycles. The van der Waals surface area contributed by atoms with Gasteiger partial charge in [0.15, 0.2) is 0 Å². The van der Waals surface area contributed by atoms with Gasteiger partial charge in [-0.2, -0.15) is 0 Å². The molecule has 1 atom stereocenters. The number of halogens is 1. The summed E-state index contributed by atoms with van der Waals surface area (Å²) in [6.45, 7) is 0.518. The fraction of sp³-hybridized carbons (Fsp3) is 0.316. The summed E-state index contributed by atoms with van der Waals surface area (Å²) in [6, 6.07) is 9.99. The van der Waals surface area contributed by atoms with E-state index in [4.69, 9.17) is 0 Å². The van der Waals surface area contributed by atoms with Gasteiger partial charge in [0.1, 0.15) is 11.7 Å². The maximum absolute atomic E-state index is 12.9. The van der Waals surface area contributed by atoms with Crippen molar-refractivity contribution >= 4 is 33.7 Å². The molecule has 7 nitrogen and oxygen atoms in total. The van der Waals surface area contributed by atoms with Gasteiger partial charge < -0.3 is 9.47 Å². The first kappa shape index (κ1) is 19.2. The molecule has 1 aliphatic heterocycles. The average Bonchev–Trinajstić information content (AvgIpc) is 3.01. The molecule has 1 aliphatic rings.